The van der Waals surface area contributed by atoms with Gasteiger partial charge in [-0.05, 0) is 74.4 Å². The highest BCUT2D eigenvalue weighted by Gasteiger charge is 2.41. The summed E-state index contributed by atoms with van der Waals surface area (Å²) in [5.41, 5.74) is 2.97. The van der Waals surface area contributed by atoms with Crippen LogP contribution in [0.3, 0.4) is 0 Å². The SMILES string of the molecule is Oc1ccc2c(c1)C1CCCC[C@@H](C2)[C@@H]1N1CCCC1. The van der Waals surface area contributed by atoms with Crippen molar-refractivity contribution in [1.82, 2.24) is 4.90 Å². The minimum absolute atomic E-state index is 0.451. The van der Waals surface area contributed by atoms with Gasteiger partial charge < -0.3 is 5.11 Å². The number of aromatic hydroxyl groups is 1. The maximum absolute atomic E-state index is 9.89. The average molecular weight is 271 g/mol. The average Bonchev–Trinajstić information content (AvgIpc) is 2.92. The van der Waals surface area contributed by atoms with E-state index in [1.807, 2.05) is 6.07 Å². The van der Waals surface area contributed by atoms with Gasteiger partial charge in [-0.2, -0.15) is 0 Å². The van der Waals surface area contributed by atoms with Crippen LogP contribution in [0.4, 0.5) is 0 Å². The first-order valence-corrected chi connectivity index (χ1v) is 8.39. The Morgan fingerprint density at radius 3 is 2.65 bits per heavy atom. The highest BCUT2D eigenvalue weighted by atomic mass is 16.3. The van der Waals surface area contributed by atoms with Crippen molar-refractivity contribution in [3.05, 3.63) is 29.3 Å². The highest BCUT2D eigenvalue weighted by molar-refractivity contribution is 5.41. The van der Waals surface area contributed by atoms with E-state index in [2.05, 4.69) is 17.0 Å². The molecule has 1 saturated carbocycles. The predicted molar refractivity (Wildman–Crippen MR) is 81.1 cm³/mol. The molecular weight excluding hydrogens is 246 g/mol. The molecule has 1 aliphatic heterocycles. The van der Waals surface area contributed by atoms with Crippen LogP contribution in [-0.2, 0) is 6.42 Å². The maximum atomic E-state index is 9.89. The molecule has 1 unspecified atom stereocenters. The van der Waals surface area contributed by atoms with Crippen molar-refractivity contribution in [2.45, 2.75) is 56.9 Å². The first-order valence-electron chi connectivity index (χ1n) is 8.39. The molecule has 1 saturated heterocycles. The van der Waals surface area contributed by atoms with Crippen molar-refractivity contribution in [3.8, 4) is 5.75 Å². The number of phenolic OH excluding ortho intramolecular Hbond substituents is 1. The molecule has 1 aromatic carbocycles. The third-order valence-electron chi connectivity index (χ3n) is 5.81. The van der Waals surface area contributed by atoms with Gasteiger partial charge in [0, 0.05) is 12.0 Å². The Labute approximate surface area is 121 Å². The predicted octanol–water partition coefficient (Wildman–Crippen LogP) is 3.69. The summed E-state index contributed by atoms with van der Waals surface area (Å²) in [7, 11) is 0. The Hall–Kier alpha value is -1.02. The second-order valence-corrected chi connectivity index (χ2v) is 6.97. The van der Waals surface area contributed by atoms with Crippen molar-refractivity contribution in [3.63, 3.8) is 0 Å². The van der Waals surface area contributed by atoms with Gasteiger partial charge in [0.15, 0.2) is 0 Å². The fourth-order valence-electron chi connectivity index (χ4n) is 4.99. The summed E-state index contributed by atoms with van der Waals surface area (Å²) < 4.78 is 0. The third kappa shape index (κ3) is 2.05. The van der Waals surface area contributed by atoms with Gasteiger partial charge >= 0.3 is 0 Å². The molecule has 2 fully saturated rings. The van der Waals surface area contributed by atoms with Crippen LogP contribution in [-0.4, -0.2) is 29.1 Å². The van der Waals surface area contributed by atoms with Crippen LogP contribution < -0.4 is 0 Å². The number of rotatable bonds is 1. The summed E-state index contributed by atoms with van der Waals surface area (Å²) in [6.07, 6.45) is 9.46. The van der Waals surface area contributed by atoms with Crippen molar-refractivity contribution in [1.29, 1.82) is 0 Å². The highest BCUT2D eigenvalue weighted by Crippen LogP contribution is 2.46. The molecule has 3 atom stereocenters. The molecule has 2 heteroatoms. The first kappa shape index (κ1) is 12.7. The van der Waals surface area contributed by atoms with Crippen LogP contribution in [0.15, 0.2) is 18.2 Å². The van der Waals surface area contributed by atoms with Crippen LogP contribution >= 0.6 is 0 Å². The number of likely N-dealkylation sites (tertiary alicyclic amines) is 1. The summed E-state index contributed by atoms with van der Waals surface area (Å²) in [6, 6.07) is 6.86. The number of fused-ring (bicyclic) bond motifs is 4. The Bertz CT molecular complexity index is 492. The minimum atomic E-state index is 0.451. The molecule has 3 aliphatic rings. The lowest BCUT2D eigenvalue weighted by atomic mass is 9.71. The molecule has 0 amide bonds. The van der Waals surface area contributed by atoms with Crippen molar-refractivity contribution in [2.24, 2.45) is 5.92 Å². The maximum Gasteiger partial charge on any atom is 0.115 e. The molecule has 1 heterocycles. The number of hydrogen-bond donors (Lipinski definition) is 1. The monoisotopic (exact) mass is 271 g/mol. The van der Waals surface area contributed by atoms with Crippen LogP contribution in [0.25, 0.3) is 0 Å². The summed E-state index contributed by atoms with van der Waals surface area (Å²) in [5, 5.41) is 9.89. The largest absolute Gasteiger partial charge is 0.508 e. The van der Waals surface area contributed by atoms with Gasteiger partial charge in [0.25, 0.3) is 0 Å². The van der Waals surface area contributed by atoms with E-state index < -0.39 is 0 Å². The van der Waals surface area contributed by atoms with Crippen molar-refractivity contribution in [2.75, 3.05) is 13.1 Å². The Morgan fingerprint density at radius 2 is 1.80 bits per heavy atom. The second kappa shape index (κ2) is 5.07. The zero-order valence-corrected chi connectivity index (χ0v) is 12.2. The standard InChI is InChI=1S/C18H25NO/c20-15-8-7-13-11-14-5-1-2-6-16(17(13)12-15)18(14)19-9-3-4-10-19/h7-8,12,14,16,18,20H,1-6,9-11H2/t14-,16?,18-/m0/s1. The van der Waals surface area contributed by atoms with E-state index in [4.69, 9.17) is 0 Å². The summed E-state index contributed by atoms with van der Waals surface area (Å²) in [5.74, 6) is 1.96. The normalized spacial score (nSPS) is 33.7. The lowest BCUT2D eigenvalue weighted by Crippen LogP contribution is -2.45. The fourth-order valence-corrected chi connectivity index (χ4v) is 4.99. The van der Waals surface area contributed by atoms with E-state index in [0.717, 1.165) is 12.0 Å². The third-order valence-corrected chi connectivity index (χ3v) is 5.81. The molecule has 0 aromatic heterocycles. The Kier molecular flexibility index (Phi) is 3.22. The van der Waals surface area contributed by atoms with E-state index in [1.54, 1.807) is 0 Å². The molecular formula is C18H25NO. The second-order valence-electron chi connectivity index (χ2n) is 6.97. The first-order chi connectivity index (χ1) is 9.83. The van der Waals surface area contributed by atoms with Crippen molar-refractivity contribution >= 4 is 0 Å². The molecule has 2 nitrogen and oxygen atoms in total. The topological polar surface area (TPSA) is 23.5 Å². The molecule has 4 rings (SSSR count). The van der Waals surface area contributed by atoms with Crippen LogP contribution in [0.2, 0.25) is 0 Å². The summed E-state index contributed by atoms with van der Waals surface area (Å²) in [6.45, 7) is 2.59. The van der Waals surface area contributed by atoms with Gasteiger partial charge in [-0.3, -0.25) is 4.90 Å². The van der Waals surface area contributed by atoms with E-state index in [1.165, 1.54) is 69.2 Å². The van der Waals surface area contributed by atoms with E-state index in [-0.39, 0.29) is 0 Å². The molecule has 0 radical (unpaired) electrons. The van der Waals surface area contributed by atoms with Crippen LogP contribution in [0.5, 0.6) is 5.75 Å². The molecule has 2 bridgehead atoms. The Balaban J connectivity index is 1.75. The van der Waals surface area contributed by atoms with Crippen LogP contribution in [0.1, 0.15) is 55.6 Å². The van der Waals surface area contributed by atoms with Crippen molar-refractivity contribution < 1.29 is 5.11 Å². The minimum Gasteiger partial charge on any atom is -0.508 e. The van der Waals surface area contributed by atoms with E-state index in [0.29, 0.717) is 11.7 Å². The number of benzene rings is 1. The zero-order valence-electron chi connectivity index (χ0n) is 12.2. The van der Waals surface area contributed by atoms with Gasteiger partial charge in [0.2, 0.25) is 0 Å². The van der Waals surface area contributed by atoms with Gasteiger partial charge in [0.1, 0.15) is 5.75 Å². The van der Waals surface area contributed by atoms with Gasteiger partial charge in [0.05, 0.1) is 0 Å². The lowest BCUT2D eigenvalue weighted by Gasteiger charge is -2.43. The number of hydrogen-bond acceptors (Lipinski definition) is 2. The number of phenols is 1. The van der Waals surface area contributed by atoms with Gasteiger partial charge in [-0.25, -0.2) is 0 Å². The van der Waals surface area contributed by atoms with Gasteiger partial charge in [-0.1, -0.05) is 18.9 Å². The lowest BCUT2D eigenvalue weighted by molar-refractivity contribution is 0.134. The fraction of sp³-hybridized carbons (Fsp3) is 0.667. The molecule has 20 heavy (non-hydrogen) atoms. The Morgan fingerprint density at radius 1 is 1.00 bits per heavy atom. The molecule has 2 aliphatic carbocycles. The van der Waals surface area contributed by atoms with Gasteiger partial charge in [-0.15, -0.1) is 0 Å². The molecule has 1 aromatic rings. The molecule has 1 N–H and O–H groups in total. The van der Waals surface area contributed by atoms with Crippen LogP contribution in [0, 0.1) is 5.92 Å². The molecule has 108 valence electrons. The number of nitrogens with zero attached hydrogens (tertiary/aromatic N) is 1. The van der Waals surface area contributed by atoms with E-state index in [9.17, 15) is 5.11 Å². The quantitative estimate of drug-likeness (QED) is 0.842. The summed E-state index contributed by atoms with van der Waals surface area (Å²) in [4.78, 5) is 2.77. The molecule has 0 spiro atoms. The van der Waals surface area contributed by atoms with E-state index >= 15 is 0 Å². The summed E-state index contributed by atoms with van der Waals surface area (Å²) >= 11 is 0. The zero-order chi connectivity index (χ0) is 13.5. The smallest absolute Gasteiger partial charge is 0.115 e.